The van der Waals surface area contributed by atoms with Crippen LogP contribution in [0, 0.1) is 11.3 Å². The van der Waals surface area contributed by atoms with Crippen molar-refractivity contribution >= 4 is 35.1 Å². The fraction of sp³-hybridized carbons (Fsp3) is 0.423. The Kier molecular flexibility index (Phi) is 6.84. The molecule has 2 aliphatic rings. The van der Waals surface area contributed by atoms with Crippen molar-refractivity contribution in [2.24, 2.45) is 11.3 Å². The molecule has 5 rings (SSSR count). The lowest BCUT2D eigenvalue weighted by atomic mass is 9.57. The van der Waals surface area contributed by atoms with Gasteiger partial charge in [0.25, 0.3) is 0 Å². The van der Waals surface area contributed by atoms with Crippen LogP contribution in [-0.4, -0.2) is 46.8 Å². The van der Waals surface area contributed by atoms with Crippen molar-refractivity contribution in [3.05, 3.63) is 54.6 Å². The molecule has 0 bridgehead atoms. The maximum atomic E-state index is 12.5. The zero-order valence-corrected chi connectivity index (χ0v) is 20.3. The zero-order valence-electron chi connectivity index (χ0n) is 20.3. The van der Waals surface area contributed by atoms with Crippen molar-refractivity contribution in [3.63, 3.8) is 0 Å². The number of anilines is 4. The van der Waals surface area contributed by atoms with Gasteiger partial charge in [-0.05, 0) is 68.2 Å². The van der Waals surface area contributed by atoms with E-state index in [1.807, 2.05) is 49.4 Å². The van der Waals surface area contributed by atoms with Crippen LogP contribution >= 0.6 is 0 Å². The summed E-state index contributed by atoms with van der Waals surface area (Å²) in [4.78, 5) is 31.0. The third-order valence-electron chi connectivity index (χ3n) is 7.00. The van der Waals surface area contributed by atoms with Gasteiger partial charge in [0, 0.05) is 25.2 Å². The second-order valence-corrected chi connectivity index (χ2v) is 9.53. The molecule has 10 heteroatoms. The van der Waals surface area contributed by atoms with Crippen LogP contribution in [0.1, 0.15) is 49.7 Å². The molecule has 2 N–H and O–H groups in total. The van der Waals surface area contributed by atoms with Crippen molar-refractivity contribution in [3.8, 4) is 0 Å². The van der Waals surface area contributed by atoms with Crippen LogP contribution in [0.25, 0.3) is 0 Å². The molecule has 36 heavy (non-hydrogen) atoms. The molecular weight excluding hydrogens is 460 g/mol. The lowest BCUT2D eigenvalue weighted by Gasteiger charge is -2.52. The summed E-state index contributed by atoms with van der Waals surface area (Å²) in [6.07, 6.45) is 6.59. The van der Waals surface area contributed by atoms with Gasteiger partial charge in [-0.2, -0.15) is 0 Å². The van der Waals surface area contributed by atoms with Crippen LogP contribution in [0.4, 0.5) is 23.2 Å². The van der Waals surface area contributed by atoms with E-state index in [1.54, 1.807) is 6.20 Å². The minimum Gasteiger partial charge on any atom is -0.466 e. The van der Waals surface area contributed by atoms with E-state index in [4.69, 9.17) is 9.15 Å². The zero-order chi connectivity index (χ0) is 25.0. The fourth-order valence-corrected chi connectivity index (χ4v) is 5.23. The third-order valence-corrected chi connectivity index (χ3v) is 7.00. The normalized spacial score (nSPS) is 16.9. The average molecular weight is 491 g/mol. The number of carbonyl (C=O) groups excluding carboxylic acids is 2. The highest BCUT2D eigenvalue weighted by Gasteiger charge is 2.46. The Hall–Kier alpha value is -3.95. The van der Waals surface area contributed by atoms with E-state index < -0.39 is 5.91 Å². The van der Waals surface area contributed by atoms with Gasteiger partial charge in [-0.15, -0.1) is 5.10 Å². The van der Waals surface area contributed by atoms with E-state index in [0.29, 0.717) is 30.0 Å². The Bertz CT molecular complexity index is 1180. The molecule has 2 fully saturated rings. The largest absolute Gasteiger partial charge is 0.466 e. The van der Waals surface area contributed by atoms with Crippen LogP contribution < -0.4 is 15.5 Å². The third kappa shape index (κ3) is 5.48. The molecule has 0 unspecified atom stereocenters. The van der Waals surface area contributed by atoms with E-state index in [2.05, 4.69) is 30.7 Å². The van der Waals surface area contributed by atoms with Crippen molar-refractivity contribution in [1.29, 1.82) is 0 Å². The van der Waals surface area contributed by atoms with Crippen molar-refractivity contribution in [2.75, 3.05) is 35.2 Å². The summed E-state index contributed by atoms with van der Waals surface area (Å²) in [7, 11) is 0. The molecule has 0 atom stereocenters. The molecule has 0 radical (unpaired) electrons. The first kappa shape index (κ1) is 23.8. The van der Waals surface area contributed by atoms with Crippen molar-refractivity contribution in [1.82, 2.24) is 15.2 Å². The molecule has 3 heterocycles. The summed E-state index contributed by atoms with van der Waals surface area (Å²) in [5.41, 5.74) is 1.69. The summed E-state index contributed by atoms with van der Waals surface area (Å²) in [5.74, 6) is 0.633. The average Bonchev–Trinajstić information content (AvgIpc) is 3.33. The fourth-order valence-electron chi connectivity index (χ4n) is 5.23. The van der Waals surface area contributed by atoms with E-state index in [-0.39, 0.29) is 17.9 Å². The van der Waals surface area contributed by atoms with Gasteiger partial charge in [0.15, 0.2) is 0 Å². The molecule has 1 aromatic carbocycles. The summed E-state index contributed by atoms with van der Waals surface area (Å²) in [6, 6.07) is 13.2. The molecule has 188 valence electrons. The number of hydrogen-bond donors (Lipinski definition) is 2. The first-order valence-electron chi connectivity index (χ1n) is 12.4. The van der Waals surface area contributed by atoms with Gasteiger partial charge in [0.05, 0.1) is 18.5 Å². The molecule has 3 aromatic rings. The van der Waals surface area contributed by atoms with E-state index in [0.717, 1.165) is 50.3 Å². The number of hydrogen-bond acceptors (Lipinski definition) is 9. The highest BCUT2D eigenvalue weighted by Crippen LogP contribution is 2.54. The number of amides is 1. The number of carbonyl (C=O) groups is 2. The molecular formula is C26H30N6O4. The minimum absolute atomic E-state index is 0.0745. The Labute approximate surface area is 209 Å². The number of pyridine rings is 1. The molecule has 1 saturated heterocycles. The first-order valence-corrected chi connectivity index (χ1v) is 12.4. The Morgan fingerprint density at radius 3 is 2.56 bits per heavy atom. The van der Waals surface area contributed by atoms with Crippen LogP contribution in [0.5, 0.6) is 0 Å². The number of aromatic nitrogens is 3. The van der Waals surface area contributed by atoms with Crippen molar-refractivity contribution in [2.45, 2.75) is 39.0 Å². The SMILES string of the molecule is CCOC(=O)CC1CC2(CCN(c3ccc(NC(=O)c4nnc(Nc5ccccc5)o4)cn3)CC2)C1. The van der Waals surface area contributed by atoms with E-state index >= 15 is 0 Å². The number of ether oxygens (including phenoxy) is 1. The second-order valence-electron chi connectivity index (χ2n) is 9.53. The van der Waals surface area contributed by atoms with Crippen LogP contribution in [-0.2, 0) is 9.53 Å². The number of para-hydroxylation sites is 1. The summed E-state index contributed by atoms with van der Waals surface area (Å²) in [6.45, 7) is 4.16. The summed E-state index contributed by atoms with van der Waals surface area (Å²) < 4.78 is 10.5. The highest BCUT2D eigenvalue weighted by molar-refractivity contribution is 6.00. The quantitative estimate of drug-likeness (QED) is 0.442. The molecule has 2 aromatic heterocycles. The Morgan fingerprint density at radius 2 is 1.86 bits per heavy atom. The lowest BCUT2D eigenvalue weighted by Crippen LogP contribution is -2.47. The van der Waals surface area contributed by atoms with Crippen molar-refractivity contribution < 1.29 is 18.7 Å². The lowest BCUT2D eigenvalue weighted by molar-refractivity contribution is -0.146. The van der Waals surface area contributed by atoms with E-state index in [1.165, 1.54) is 0 Å². The Balaban J connectivity index is 1.09. The smallest absolute Gasteiger partial charge is 0.320 e. The molecule has 10 nitrogen and oxygen atoms in total. The van der Waals surface area contributed by atoms with Gasteiger partial charge >= 0.3 is 23.8 Å². The van der Waals surface area contributed by atoms with Gasteiger partial charge < -0.3 is 24.7 Å². The number of rotatable bonds is 8. The molecule has 1 saturated carbocycles. The number of piperidine rings is 1. The molecule has 1 aliphatic carbocycles. The maximum absolute atomic E-state index is 12.5. The van der Waals surface area contributed by atoms with E-state index in [9.17, 15) is 9.59 Å². The second kappa shape index (κ2) is 10.3. The van der Waals surface area contributed by atoms with Gasteiger partial charge in [-0.3, -0.25) is 9.59 Å². The summed E-state index contributed by atoms with van der Waals surface area (Å²) in [5, 5.41) is 13.4. The van der Waals surface area contributed by atoms with Crippen LogP contribution in [0.15, 0.2) is 53.1 Å². The van der Waals surface area contributed by atoms with Gasteiger partial charge in [-0.25, -0.2) is 4.98 Å². The predicted octanol–water partition coefficient (Wildman–Crippen LogP) is 4.41. The summed E-state index contributed by atoms with van der Waals surface area (Å²) >= 11 is 0. The number of esters is 1. The van der Waals surface area contributed by atoms with Crippen LogP contribution in [0.2, 0.25) is 0 Å². The van der Waals surface area contributed by atoms with Gasteiger partial charge in [0.2, 0.25) is 0 Å². The van der Waals surface area contributed by atoms with Crippen LogP contribution in [0.3, 0.4) is 0 Å². The standard InChI is InChI=1S/C26H30N6O4/c1-2-35-22(33)14-18-15-26(16-18)10-12-32(13-11-26)21-9-8-20(17-27-21)28-23(34)24-30-31-25(36-24)29-19-6-4-3-5-7-19/h3-9,17-18H,2,10-16H2,1H3,(H,28,34)(H,29,31). The highest BCUT2D eigenvalue weighted by atomic mass is 16.5. The number of nitrogens with zero attached hydrogens (tertiary/aromatic N) is 4. The monoisotopic (exact) mass is 490 g/mol. The maximum Gasteiger partial charge on any atom is 0.320 e. The predicted molar refractivity (Wildman–Crippen MR) is 134 cm³/mol. The van der Waals surface area contributed by atoms with Gasteiger partial charge in [0.1, 0.15) is 5.82 Å². The minimum atomic E-state index is -0.500. The molecule has 1 aliphatic heterocycles. The number of nitrogens with one attached hydrogen (secondary N) is 2. The first-order chi connectivity index (χ1) is 17.5. The topological polar surface area (TPSA) is 122 Å². The molecule has 1 amide bonds. The number of benzene rings is 1. The van der Waals surface area contributed by atoms with Gasteiger partial charge in [-0.1, -0.05) is 23.3 Å². The molecule has 1 spiro atoms. The Morgan fingerprint density at radius 1 is 1.08 bits per heavy atom.